The molecule has 0 bridgehead atoms. The van der Waals surface area contributed by atoms with Crippen molar-refractivity contribution in [2.75, 3.05) is 0 Å². The van der Waals surface area contributed by atoms with Gasteiger partial charge in [0, 0.05) is 24.6 Å². The lowest BCUT2D eigenvalue weighted by molar-refractivity contribution is 0.838. The Labute approximate surface area is 105 Å². The largest absolute Gasteiger partial charge is 0.325 e. The molecule has 1 aliphatic rings. The van der Waals surface area contributed by atoms with Crippen LogP contribution in [0.2, 0.25) is 0 Å². The van der Waals surface area contributed by atoms with Crippen LogP contribution in [-0.4, -0.2) is 9.97 Å². The van der Waals surface area contributed by atoms with Gasteiger partial charge in [-0.2, -0.15) is 11.3 Å². The Morgan fingerprint density at radius 3 is 2.76 bits per heavy atom. The van der Waals surface area contributed by atoms with Crippen LogP contribution < -0.4 is 5.73 Å². The van der Waals surface area contributed by atoms with Crippen molar-refractivity contribution in [3.8, 4) is 0 Å². The van der Waals surface area contributed by atoms with Crippen LogP contribution in [0.3, 0.4) is 0 Å². The van der Waals surface area contributed by atoms with Gasteiger partial charge in [0.1, 0.15) is 5.82 Å². The number of thiophene rings is 1. The lowest BCUT2D eigenvalue weighted by Crippen LogP contribution is -2.06. The fourth-order valence-electron chi connectivity index (χ4n) is 1.90. The molecule has 2 heterocycles. The summed E-state index contributed by atoms with van der Waals surface area (Å²) in [5, 5.41) is 4.27. The highest BCUT2D eigenvalue weighted by Gasteiger charge is 2.27. The van der Waals surface area contributed by atoms with E-state index in [1.54, 1.807) is 11.3 Å². The van der Waals surface area contributed by atoms with Crippen molar-refractivity contribution < 1.29 is 0 Å². The van der Waals surface area contributed by atoms with Crippen LogP contribution in [0.25, 0.3) is 0 Å². The Bertz CT molecular complexity index is 503. The molecule has 3 nitrogen and oxygen atoms in total. The molecule has 3 rings (SSSR count). The van der Waals surface area contributed by atoms with E-state index in [4.69, 9.17) is 5.73 Å². The SMILES string of the molecule is NCc1cc(Cc2ccsc2)nc(C2CC2)n1. The molecule has 2 aromatic rings. The minimum absolute atomic E-state index is 0.499. The molecule has 4 heteroatoms. The summed E-state index contributed by atoms with van der Waals surface area (Å²) in [5.74, 6) is 1.58. The average Bonchev–Trinajstić information content (AvgIpc) is 3.09. The maximum absolute atomic E-state index is 5.69. The summed E-state index contributed by atoms with van der Waals surface area (Å²) >= 11 is 1.72. The van der Waals surface area contributed by atoms with Crippen molar-refractivity contribution in [2.24, 2.45) is 5.73 Å². The standard InChI is InChI=1S/C13H15N3S/c14-7-12-6-11(5-9-3-4-17-8-9)15-13(16-12)10-1-2-10/h3-4,6,8,10H,1-2,5,7,14H2. The van der Waals surface area contributed by atoms with Crippen LogP contribution in [0, 0.1) is 0 Å². The van der Waals surface area contributed by atoms with E-state index in [1.165, 1.54) is 18.4 Å². The van der Waals surface area contributed by atoms with Gasteiger partial charge in [-0.05, 0) is 41.3 Å². The molecule has 1 fully saturated rings. The van der Waals surface area contributed by atoms with Gasteiger partial charge in [0.15, 0.2) is 0 Å². The minimum atomic E-state index is 0.499. The van der Waals surface area contributed by atoms with Crippen LogP contribution in [0.1, 0.15) is 41.5 Å². The van der Waals surface area contributed by atoms with Gasteiger partial charge in [0.2, 0.25) is 0 Å². The van der Waals surface area contributed by atoms with Crippen LogP contribution >= 0.6 is 11.3 Å². The highest BCUT2D eigenvalue weighted by atomic mass is 32.1. The third-order valence-corrected chi connectivity index (χ3v) is 3.70. The second-order valence-corrected chi connectivity index (χ2v) is 5.28. The summed E-state index contributed by atoms with van der Waals surface area (Å²) < 4.78 is 0. The van der Waals surface area contributed by atoms with Crippen molar-refractivity contribution in [1.82, 2.24) is 9.97 Å². The van der Waals surface area contributed by atoms with Crippen LogP contribution in [0.5, 0.6) is 0 Å². The Morgan fingerprint density at radius 2 is 2.12 bits per heavy atom. The van der Waals surface area contributed by atoms with Crippen molar-refractivity contribution >= 4 is 11.3 Å². The predicted octanol–water partition coefficient (Wildman–Crippen LogP) is 2.47. The lowest BCUT2D eigenvalue weighted by atomic mass is 10.1. The first kappa shape index (κ1) is 10.9. The molecule has 1 saturated carbocycles. The van der Waals surface area contributed by atoms with Gasteiger partial charge >= 0.3 is 0 Å². The van der Waals surface area contributed by atoms with Crippen molar-refractivity contribution in [3.63, 3.8) is 0 Å². The normalized spacial score (nSPS) is 15.1. The van der Waals surface area contributed by atoms with E-state index < -0.39 is 0 Å². The van der Waals surface area contributed by atoms with Gasteiger partial charge in [-0.1, -0.05) is 0 Å². The highest BCUT2D eigenvalue weighted by molar-refractivity contribution is 7.07. The number of nitrogens with two attached hydrogens (primary N) is 1. The third kappa shape index (κ3) is 2.53. The summed E-state index contributed by atoms with van der Waals surface area (Å²) in [7, 11) is 0. The summed E-state index contributed by atoms with van der Waals surface area (Å²) in [6.07, 6.45) is 3.34. The summed E-state index contributed by atoms with van der Waals surface area (Å²) in [5.41, 5.74) is 9.07. The van der Waals surface area contributed by atoms with E-state index in [0.717, 1.165) is 23.6 Å². The number of aromatic nitrogens is 2. The first-order chi connectivity index (χ1) is 8.35. The second-order valence-electron chi connectivity index (χ2n) is 4.50. The first-order valence-electron chi connectivity index (χ1n) is 5.93. The van der Waals surface area contributed by atoms with Gasteiger partial charge in [0.25, 0.3) is 0 Å². The summed E-state index contributed by atoms with van der Waals surface area (Å²) in [6, 6.07) is 4.18. The monoisotopic (exact) mass is 245 g/mol. The topological polar surface area (TPSA) is 51.8 Å². The predicted molar refractivity (Wildman–Crippen MR) is 69.0 cm³/mol. The van der Waals surface area contributed by atoms with Crippen LogP contribution in [0.4, 0.5) is 0 Å². The quantitative estimate of drug-likeness (QED) is 0.900. The van der Waals surface area contributed by atoms with Gasteiger partial charge < -0.3 is 5.73 Å². The molecule has 0 saturated heterocycles. The smallest absolute Gasteiger partial charge is 0.132 e. The van der Waals surface area contributed by atoms with E-state index >= 15 is 0 Å². The van der Waals surface area contributed by atoms with Crippen molar-refractivity contribution in [1.29, 1.82) is 0 Å². The Balaban J connectivity index is 1.89. The molecule has 0 aromatic carbocycles. The molecule has 17 heavy (non-hydrogen) atoms. The minimum Gasteiger partial charge on any atom is -0.325 e. The fourth-order valence-corrected chi connectivity index (χ4v) is 2.57. The molecular weight excluding hydrogens is 230 g/mol. The van der Waals surface area contributed by atoms with E-state index in [1.807, 2.05) is 6.07 Å². The second kappa shape index (κ2) is 4.55. The van der Waals surface area contributed by atoms with Gasteiger partial charge in [-0.3, -0.25) is 0 Å². The van der Waals surface area contributed by atoms with E-state index in [2.05, 4.69) is 26.8 Å². The average molecular weight is 245 g/mol. The third-order valence-electron chi connectivity index (χ3n) is 2.97. The molecule has 2 N–H and O–H groups in total. The van der Waals surface area contributed by atoms with E-state index in [-0.39, 0.29) is 0 Å². The summed E-state index contributed by atoms with van der Waals surface area (Å²) in [6.45, 7) is 0.499. The molecule has 2 aromatic heterocycles. The lowest BCUT2D eigenvalue weighted by Gasteiger charge is -2.05. The maximum Gasteiger partial charge on any atom is 0.132 e. The van der Waals surface area contributed by atoms with Crippen LogP contribution in [-0.2, 0) is 13.0 Å². The zero-order chi connectivity index (χ0) is 11.7. The number of hydrogen-bond acceptors (Lipinski definition) is 4. The van der Waals surface area contributed by atoms with Crippen LogP contribution in [0.15, 0.2) is 22.9 Å². The van der Waals surface area contributed by atoms with Crippen molar-refractivity contribution in [2.45, 2.75) is 31.7 Å². The Morgan fingerprint density at radius 1 is 1.29 bits per heavy atom. The maximum atomic E-state index is 5.69. The molecular formula is C13H15N3S. The van der Waals surface area contributed by atoms with Gasteiger partial charge in [0.05, 0.1) is 5.69 Å². The molecule has 1 aliphatic carbocycles. The number of nitrogens with zero attached hydrogens (tertiary/aromatic N) is 2. The molecule has 0 unspecified atom stereocenters. The fraction of sp³-hybridized carbons (Fsp3) is 0.385. The Hall–Kier alpha value is -1.26. The van der Waals surface area contributed by atoms with Gasteiger partial charge in [-0.15, -0.1) is 0 Å². The summed E-state index contributed by atoms with van der Waals surface area (Å²) in [4.78, 5) is 9.17. The molecule has 88 valence electrons. The zero-order valence-corrected chi connectivity index (χ0v) is 10.4. The zero-order valence-electron chi connectivity index (χ0n) is 9.60. The highest BCUT2D eigenvalue weighted by Crippen LogP contribution is 2.38. The molecule has 0 aliphatic heterocycles. The molecule has 0 radical (unpaired) electrons. The number of hydrogen-bond donors (Lipinski definition) is 1. The molecule has 0 spiro atoms. The Kier molecular flexibility index (Phi) is 2.91. The van der Waals surface area contributed by atoms with Gasteiger partial charge in [-0.25, -0.2) is 9.97 Å². The first-order valence-corrected chi connectivity index (χ1v) is 6.87. The molecule has 0 amide bonds. The molecule has 0 atom stereocenters. The van der Waals surface area contributed by atoms with E-state index in [9.17, 15) is 0 Å². The number of rotatable bonds is 4. The van der Waals surface area contributed by atoms with Crippen molar-refractivity contribution in [3.05, 3.63) is 45.7 Å². The van der Waals surface area contributed by atoms with E-state index in [0.29, 0.717) is 12.5 Å².